The van der Waals surface area contributed by atoms with Gasteiger partial charge in [0.1, 0.15) is 12.8 Å². The van der Waals surface area contributed by atoms with Crippen LogP contribution >= 0.6 is 12.4 Å². The average molecular weight is 289 g/mol. The number of carbonyl (C=O) groups excluding carboxylic acids is 1. The molecule has 0 spiro atoms. The molecular weight excluding hydrogens is 271 g/mol. The molecule has 0 aromatic heterocycles. The maximum atomic E-state index is 13.1. The number of hydrogen-bond acceptors (Lipinski definition) is 3. The van der Waals surface area contributed by atoms with Crippen molar-refractivity contribution in [2.75, 3.05) is 13.1 Å². The van der Waals surface area contributed by atoms with Crippen LogP contribution in [0.5, 0.6) is 0 Å². The van der Waals surface area contributed by atoms with Crippen LogP contribution in [0.15, 0.2) is 30.3 Å². The molecule has 2 rings (SSSR count). The van der Waals surface area contributed by atoms with Gasteiger partial charge in [-0.15, -0.1) is 12.4 Å². The van der Waals surface area contributed by atoms with Gasteiger partial charge < -0.3 is 15.4 Å². The largest absolute Gasteiger partial charge is 0.445 e. The molecule has 0 radical (unpaired) electrons. The number of amides is 1. The molecule has 6 heteroatoms. The summed E-state index contributed by atoms with van der Waals surface area (Å²) in [6.45, 7) is 1.17. The van der Waals surface area contributed by atoms with Gasteiger partial charge in [0.05, 0.1) is 0 Å². The van der Waals surface area contributed by atoms with Crippen LogP contribution in [0.4, 0.5) is 9.18 Å². The van der Waals surface area contributed by atoms with Crippen molar-refractivity contribution in [2.45, 2.75) is 25.2 Å². The number of benzene rings is 1. The first kappa shape index (κ1) is 15.7. The van der Waals surface area contributed by atoms with Gasteiger partial charge in [0.2, 0.25) is 0 Å². The van der Waals surface area contributed by atoms with Crippen molar-refractivity contribution in [2.24, 2.45) is 0 Å². The molecule has 19 heavy (non-hydrogen) atoms. The molecule has 1 aliphatic heterocycles. The van der Waals surface area contributed by atoms with Gasteiger partial charge in [-0.1, -0.05) is 30.3 Å². The lowest BCUT2D eigenvalue weighted by atomic mass is 10.1. The van der Waals surface area contributed by atoms with Crippen LogP contribution in [-0.4, -0.2) is 31.4 Å². The highest BCUT2D eigenvalue weighted by molar-refractivity contribution is 5.85. The lowest BCUT2D eigenvalue weighted by molar-refractivity contribution is 0.129. The highest BCUT2D eigenvalue weighted by Crippen LogP contribution is 2.07. The lowest BCUT2D eigenvalue weighted by Crippen LogP contribution is -2.49. The molecule has 0 aliphatic carbocycles. The molecule has 106 valence electrons. The fourth-order valence-corrected chi connectivity index (χ4v) is 1.93. The fraction of sp³-hybridized carbons (Fsp3) is 0.462. The molecule has 1 amide bonds. The highest BCUT2D eigenvalue weighted by Gasteiger charge is 2.22. The summed E-state index contributed by atoms with van der Waals surface area (Å²) in [4.78, 5) is 11.5. The van der Waals surface area contributed by atoms with Gasteiger partial charge in [0.15, 0.2) is 0 Å². The lowest BCUT2D eigenvalue weighted by Gasteiger charge is -2.26. The molecule has 0 saturated carbocycles. The minimum absolute atomic E-state index is 0. The second kappa shape index (κ2) is 7.96. The summed E-state index contributed by atoms with van der Waals surface area (Å²) >= 11 is 0. The molecule has 4 nitrogen and oxygen atoms in total. The van der Waals surface area contributed by atoms with Crippen LogP contribution in [0.3, 0.4) is 0 Å². The Labute approximate surface area is 118 Å². The molecule has 1 aromatic carbocycles. The molecule has 0 bridgehead atoms. The van der Waals surface area contributed by atoms with E-state index in [1.165, 1.54) is 0 Å². The summed E-state index contributed by atoms with van der Waals surface area (Å²) in [6.07, 6.45) is -1.06. The van der Waals surface area contributed by atoms with Gasteiger partial charge in [-0.05, 0) is 5.56 Å². The molecule has 2 N–H and O–H groups in total. The Bertz CT molecular complexity index is 391. The van der Waals surface area contributed by atoms with E-state index in [1.807, 2.05) is 30.3 Å². The fourth-order valence-electron chi connectivity index (χ4n) is 1.93. The number of alkyl halides is 1. The number of rotatable bonds is 3. The van der Waals surface area contributed by atoms with Gasteiger partial charge in [0, 0.05) is 25.6 Å². The molecular formula is C13H18ClFN2O2. The molecule has 1 saturated heterocycles. The predicted molar refractivity (Wildman–Crippen MR) is 73.2 cm³/mol. The Morgan fingerprint density at radius 3 is 2.79 bits per heavy atom. The smallest absolute Gasteiger partial charge is 0.407 e. The van der Waals surface area contributed by atoms with Crippen molar-refractivity contribution in [3.8, 4) is 0 Å². The molecule has 2 unspecified atom stereocenters. The number of hydrogen-bond donors (Lipinski definition) is 2. The third-order valence-electron chi connectivity index (χ3n) is 2.83. The Balaban J connectivity index is 0.00000180. The second-order valence-corrected chi connectivity index (χ2v) is 4.39. The van der Waals surface area contributed by atoms with E-state index in [-0.39, 0.29) is 25.1 Å². The van der Waals surface area contributed by atoms with Crippen LogP contribution in [0.25, 0.3) is 0 Å². The van der Waals surface area contributed by atoms with Crippen molar-refractivity contribution >= 4 is 18.5 Å². The summed E-state index contributed by atoms with van der Waals surface area (Å²) in [5, 5.41) is 5.57. The normalized spacial score (nSPS) is 22.2. The Kier molecular flexibility index (Phi) is 6.59. The zero-order valence-corrected chi connectivity index (χ0v) is 11.3. The third-order valence-corrected chi connectivity index (χ3v) is 2.83. The summed E-state index contributed by atoms with van der Waals surface area (Å²) in [7, 11) is 0. The number of alkyl carbamates (subject to hydrolysis) is 1. The maximum Gasteiger partial charge on any atom is 0.407 e. The van der Waals surface area contributed by atoms with E-state index in [0.717, 1.165) is 5.56 Å². The SMILES string of the molecule is Cl.O=C(NC1CNCC(F)C1)OCc1ccccc1. The Morgan fingerprint density at radius 1 is 1.37 bits per heavy atom. The molecule has 1 aromatic rings. The van der Waals surface area contributed by atoms with Gasteiger partial charge in [-0.3, -0.25) is 0 Å². The minimum atomic E-state index is -0.904. The molecule has 2 atom stereocenters. The van der Waals surface area contributed by atoms with Crippen LogP contribution in [0.1, 0.15) is 12.0 Å². The average Bonchev–Trinajstić information content (AvgIpc) is 2.38. The number of carbonyl (C=O) groups is 1. The van der Waals surface area contributed by atoms with E-state index in [9.17, 15) is 9.18 Å². The zero-order valence-electron chi connectivity index (χ0n) is 10.5. The molecule has 1 heterocycles. The molecule has 1 aliphatic rings. The van der Waals surface area contributed by atoms with Crippen LogP contribution in [-0.2, 0) is 11.3 Å². The highest BCUT2D eigenvalue weighted by atomic mass is 35.5. The van der Waals surface area contributed by atoms with E-state index >= 15 is 0 Å². The predicted octanol–water partition coefficient (Wildman–Crippen LogP) is 2.03. The quantitative estimate of drug-likeness (QED) is 0.895. The Hall–Kier alpha value is -1.33. The molecule has 1 fully saturated rings. The van der Waals surface area contributed by atoms with E-state index < -0.39 is 12.3 Å². The second-order valence-electron chi connectivity index (χ2n) is 4.39. The monoisotopic (exact) mass is 288 g/mol. The van der Waals surface area contributed by atoms with Crippen molar-refractivity contribution in [1.82, 2.24) is 10.6 Å². The first-order valence-electron chi connectivity index (χ1n) is 6.06. The third kappa shape index (κ3) is 5.44. The van der Waals surface area contributed by atoms with Gasteiger partial charge in [-0.25, -0.2) is 9.18 Å². The summed E-state index contributed by atoms with van der Waals surface area (Å²) in [5.41, 5.74) is 0.929. The summed E-state index contributed by atoms with van der Waals surface area (Å²) in [6, 6.07) is 9.24. The first-order valence-corrected chi connectivity index (χ1v) is 6.06. The summed E-state index contributed by atoms with van der Waals surface area (Å²) < 4.78 is 18.1. The van der Waals surface area contributed by atoms with Crippen LogP contribution in [0.2, 0.25) is 0 Å². The van der Waals surface area contributed by atoms with E-state index in [2.05, 4.69) is 10.6 Å². The maximum absolute atomic E-state index is 13.1. The Morgan fingerprint density at radius 2 is 2.11 bits per heavy atom. The van der Waals surface area contributed by atoms with Crippen molar-refractivity contribution in [3.63, 3.8) is 0 Å². The number of ether oxygens (including phenoxy) is 1. The standard InChI is InChI=1S/C13H17FN2O2.ClH/c14-11-6-12(8-15-7-11)16-13(17)18-9-10-4-2-1-3-5-10;/h1-5,11-12,15H,6-9H2,(H,16,17);1H. The summed E-state index contributed by atoms with van der Waals surface area (Å²) in [5.74, 6) is 0. The number of halogens is 2. The van der Waals surface area contributed by atoms with E-state index in [4.69, 9.17) is 4.74 Å². The van der Waals surface area contributed by atoms with Crippen molar-refractivity contribution in [3.05, 3.63) is 35.9 Å². The van der Waals surface area contributed by atoms with Gasteiger partial charge in [-0.2, -0.15) is 0 Å². The minimum Gasteiger partial charge on any atom is -0.445 e. The van der Waals surface area contributed by atoms with Crippen LogP contribution < -0.4 is 10.6 Å². The van der Waals surface area contributed by atoms with Crippen molar-refractivity contribution in [1.29, 1.82) is 0 Å². The van der Waals surface area contributed by atoms with E-state index in [0.29, 0.717) is 19.5 Å². The van der Waals surface area contributed by atoms with E-state index in [1.54, 1.807) is 0 Å². The first-order chi connectivity index (χ1) is 8.74. The zero-order chi connectivity index (χ0) is 12.8. The number of nitrogens with one attached hydrogen (secondary N) is 2. The topological polar surface area (TPSA) is 50.4 Å². The van der Waals surface area contributed by atoms with Crippen LogP contribution in [0, 0.1) is 0 Å². The van der Waals surface area contributed by atoms with Gasteiger partial charge >= 0.3 is 6.09 Å². The van der Waals surface area contributed by atoms with Gasteiger partial charge in [0.25, 0.3) is 0 Å². The number of piperidine rings is 1. The van der Waals surface area contributed by atoms with Crippen molar-refractivity contribution < 1.29 is 13.9 Å².